The summed E-state index contributed by atoms with van der Waals surface area (Å²) in [6.45, 7) is -0.562. The van der Waals surface area contributed by atoms with E-state index in [1.54, 1.807) is 66.7 Å². The number of carboxylic acids is 1. The molecule has 1 heterocycles. The number of para-hydroxylation sites is 2. The molecule has 0 bridgehead atoms. The maximum Gasteiger partial charge on any atom is 0.343 e. The molecule has 1 N–H and O–H groups in total. The molecular weight excluding hydrogens is 452 g/mol. The first-order chi connectivity index (χ1) is 16.9. The van der Waals surface area contributed by atoms with E-state index in [0.717, 1.165) is 9.80 Å². The molecule has 0 spiro atoms. The number of benzene rings is 3. The number of methoxy groups -OCH3 is 1. The summed E-state index contributed by atoms with van der Waals surface area (Å²) < 4.78 is 10.5. The third kappa shape index (κ3) is 4.74. The third-order valence-corrected chi connectivity index (χ3v) is 5.13. The number of hydrogen-bond acceptors (Lipinski definition) is 6. The van der Waals surface area contributed by atoms with E-state index in [1.807, 2.05) is 0 Å². The van der Waals surface area contributed by atoms with Gasteiger partial charge in [-0.2, -0.15) is 0 Å². The van der Waals surface area contributed by atoms with Crippen LogP contribution >= 0.6 is 0 Å². The van der Waals surface area contributed by atoms with E-state index in [0.29, 0.717) is 16.9 Å². The highest BCUT2D eigenvalue weighted by Crippen LogP contribution is 2.32. The van der Waals surface area contributed by atoms with Gasteiger partial charge in [0.1, 0.15) is 5.57 Å². The number of rotatable bonds is 7. The standard InChI is InChI=1S/C26H20N2O7/c1-34-22-15-17(12-13-21(22)35-16-23(29)30)14-20-24(31)27(18-8-4-2-5-9-18)26(33)28(25(20)32)19-10-6-3-7-11-19/h2-15H,16H2,1H3,(H,29,30). The zero-order valence-electron chi connectivity index (χ0n) is 18.6. The lowest BCUT2D eigenvalue weighted by Crippen LogP contribution is -2.57. The maximum atomic E-state index is 13.4. The molecule has 0 aromatic heterocycles. The van der Waals surface area contributed by atoms with Crippen LogP contribution in [0, 0.1) is 0 Å². The van der Waals surface area contributed by atoms with Gasteiger partial charge in [-0.3, -0.25) is 9.59 Å². The molecule has 9 heteroatoms. The van der Waals surface area contributed by atoms with Gasteiger partial charge in [0.05, 0.1) is 18.5 Å². The smallest absolute Gasteiger partial charge is 0.343 e. The fourth-order valence-electron chi connectivity index (χ4n) is 3.54. The summed E-state index contributed by atoms with van der Waals surface area (Å²) in [4.78, 5) is 52.8. The molecule has 0 unspecified atom stereocenters. The molecule has 0 aliphatic carbocycles. The van der Waals surface area contributed by atoms with Crippen LogP contribution in [0.2, 0.25) is 0 Å². The second kappa shape index (κ2) is 9.92. The quantitative estimate of drug-likeness (QED) is 0.412. The van der Waals surface area contributed by atoms with Gasteiger partial charge >= 0.3 is 12.0 Å². The normalized spacial score (nSPS) is 13.6. The summed E-state index contributed by atoms with van der Waals surface area (Å²) in [7, 11) is 1.38. The van der Waals surface area contributed by atoms with Crippen LogP contribution in [0.4, 0.5) is 16.2 Å². The Labute approximate surface area is 200 Å². The number of carbonyl (C=O) groups excluding carboxylic acids is 3. The topological polar surface area (TPSA) is 113 Å². The Morgan fingerprint density at radius 2 is 1.37 bits per heavy atom. The lowest BCUT2D eigenvalue weighted by Gasteiger charge is -2.33. The Bertz CT molecular complexity index is 1260. The molecule has 1 saturated heterocycles. The van der Waals surface area contributed by atoms with Crippen molar-refractivity contribution in [3.05, 3.63) is 90.0 Å². The summed E-state index contributed by atoms with van der Waals surface area (Å²) in [5, 5.41) is 8.84. The molecule has 176 valence electrons. The van der Waals surface area contributed by atoms with Crippen LogP contribution < -0.4 is 19.3 Å². The monoisotopic (exact) mass is 472 g/mol. The minimum Gasteiger partial charge on any atom is -0.493 e. The van der Waals surface area contributed by atoms with Crippen molar-refractivity contribution in [3.63, 3.8) is 0 Å². The largest absolute Gasteiger partial charge is 0.493 e. The summed E-state index contributed by atoms with van der Waals surface area (Å²) >= 11 is 0. The average Bonchev–Trinajstić information content (AvgIpc) is 2.87. The number of urea groups is 1. The molecular formula is C26H20N2O7. The molecule has 9 nitrogen and oxygen atoms in total. The van der Waals surface area contributed by atoms with Gasteiger partial charge in [-0.05, 0) is 48.0 Å². The van der Waals surface area contributed by atoms with Gasteiger partial charge in [-0.25, -0.2) is 19.4 Å². The SMILES string of the molecule is COc1cc(C=C2C(=O)N(c3ccccc3)C(=O)N(c3ccccc3)C2=O)ccc1OCC(=O)O. The van der Waals surface area contributed by atoms with Crippen molar-refractivity contribution in [2.75, 3.05) is 23.5 Å². The van der Waals surface area contributed by atoms with E-state index in [4.69, 9.17) is 14.6 Å². The minimum absolute atomic E-state index is 0.186. The van der Waals surface area contributed by atoms with Crippen LogP contribution in [-0.2, 0) is 14.4 Å². The van der Waals surface area contributed by atoms with Gasteiger partial charge in [0, 0.05) is 0 Å². The molecule has 0 atom stereocenters. The number of aliphatic carboxylic acids is 1. The van der Waals surface area contributed by atoms with Gasteiger partial charge in [-0.1, -0.05) is 42.5 Å². The third-order valence-electron chi connectivity index (χ3n) is 5.13. The van der Waals surface area contributed by atoms with Crippen molar-refractivity contribution in [1.29, 1.82) is 0 Å². The number of ether oxygens (including phenoxy) is 2. The lowest BCUT2D eigenvalue weighted by molar-refractivity contribution is -0.139. The molecule has 35 heavy (non-hydrogen) atoms. The second-order valence-corrected chi connectivity index (χ2v) is 7.39. The first-order valence-corrected chi connectivity index (χ1v) is 10.5. The molecule has 0 saturated carbocycles. The van der Waals surface area contributed by atoms with Crippen molar-refractivity contribution in [1.82, 2.24) is 0 Å². The van der Waals surface area contributed by atoms with E-state index in [-0.39, 0.29) is 17.1 Å². The molecule has 1 aliphatic rings. The summed E-state index contributed by atoms with van der Waals surface area (Å²) in [6, 6.07) is 20.4. The highest BCUT2D eigenvalue weighted by molar-refractivity contribution is 6.46. The first kappa shape index (κ1) is 23.2. The Hall–Kier alpha value is -4.92. The van der Waals surface area contributed by atoms with Crippen LogP contribution in [-0.4, -0.2) is 42.6 Å². The average molecular weight is 472 g/mol. The summed E-state index contributed by atoms with van der Waals surface area (Å²) in [5.74, 6) is -2.30. The van der Waals surface area contributed by atoms with Gasteiger partial charge < -0.3 is 14.6 Å². The molecule has 4 rings (SSSR count). The van der Waals surface area contributed by atoms with Crippen LogP contribution in [0.25, 0.3) is 6.08 Å². The first-order valence-electron chi connectivity index (χ1n) is 10.5. The number of nitrogens with zero attached hydrogens (tertiary/aromatic N) is 2. The Morgan fingerprint density at radius 1 is 0.829 bits per heavy atom. The van der Waals surface area contributed by atoms with Crippen LogP contribution in [0.3, 0.4) is 0 Å². The van der Waals surface area contributed by atoms with E-state index in [2.05, 4.69) is 0 Å². The Kier molecular flexibility index (Phi) is 6.59. The molecule has 3 aromatic rings. The van der Waals surface area contributed by atoms with E-state index in [9.17, 15) is 19.2 Å². The van der Waals surface area contributed by atoms with Crippen LogP contribution in [0.5, 0.6) is 11.5 Å². The van der Waals surface area contributed by atoms with E-state index in [1.165, 1.54) is 25.3 Å². The highest BCUT2D eigenvalue weighted by atomic mass is 16.5. The number of imide groups is 2. The van der Waals surface area contributed by atoms with Crippen LogP contribution in [0.15, 0.2) is 84.4 Å². The molecule has 1 aliphatic heterocycles. The van der Waals surface area contributed by atoms with Crippen LogP contribution in [0.1, 0.15) is 5.56 Å². The van der Waals surface area contributed by atoms with Crippen molar-refractivity contribution in [2.24, 2.45) is 0 Å². The number of anilines is 2. The number of carboxylic acid groups (broad SMARTS) is 1. The zero-order chi connectivity index (χ0) is 24.9. The van der Waals surface area contributed by atoms with Crippen molar-refractivity contribution >= 4 is 41.3 Å². The minimum atomic E-state index is -1.15. The van der Waals surface area contributed by atoms with Crippen molar-refractivity contribution in [2.45, 2.75) is 0 Å². The lowest BCUT2D eigenvalue weighted by atomic mass is 10.0. The summed E-state index contributed by atoms with van der Waals surface area (Å²) in [6.07, 6.45) is 1.35. The second-order valence-electron chi connectivity index (χ2n) is 7.39. The fourth-order valence-corrected chi connectivity index (χ4v) is 3.54. The van der Waals surface area contributed by atoms with Gasteiger partial charge in [0.15, 0.2) is 18.1 Å². The Balaban J connectivity index is 1.79. The predicted molar refractivity (Wildman–Crippen MR) is 127 cm³/mol. The molecule has 4 amide bonds. The van der Waals surface area contributed by atoms with Crippen molar-refractivity contribution < 1.29 is 33.8 Å². The van der Waals surface area contributed by atoms with Crippen molar-refractivity contribution in [3.8, 4) is 11.5 Å². The van der Waals surface area contributed by atoms with E-state index >= 15 is 0 Å². The molecule has 0 radical (unpaired) electrons. The number of barbiturate groups is 1. The van der Waals surface area contributed by atoms with Gasteiger partial charge in [-0.15, -0.1) is 0 Å². The number of hydrogen-bond donors (Lipinski definition) is 1. The number of carbonyl (C=O) groups is 4. The fraction of sp³-hybridized carbons (Fsp3) is 0.0769. The maximum absolute atomic E-state index is 13.4. The Morgan fingerprint density at radius 3 is 1.86 bits per heavy atom. The van der Waals surface area contributed by atoms with Gasteiger partial charge in [0.25, 0.3) is 11.8 Å². The number of amides is 4. The summed E-state index contributed by atoms with van der Waals surface area (Å²) in [5.41, 5.74) is 0.809. The predicted octanol–water partition coefficient (Wildman–Crippen LogP) is 3.74. The molecule has 1 fully saturated rings. The van der Waals surface area contributed by atoms with Gasteiger partial charge in [0.2, 0.25) is 0 Å². The highest BCUT2D eigenvalue weighted by Gasteiger charge is 2.43. The molecule has 3 aromatic carbocycles. The zero-order valence-corrected chi connectivity index (χ0v) is 18.6. The van der Waals surface area contributed by atoms with E-state index < -0.39 is 30.4 Å².